The summed E-state index contributed by atoms with van der Waals surface area (Å²) in [5.74, 6) is -0.304. The van der Waals surface area contributed by atoms with E-state index in [2.05, 4.69) is 5.32 Å². The van der Waals surface area contributed by atoms with Gasteiger partial charge in [0.1, 0.15) is 17.3 Å². The highest BCUT2D eigenvalue weighted by Crippen LogP contribution is 2.35. The molecule has 0 bridgehead atoms. The number of nitrogens with one attached hydrogen (secondary N) is 1. The van der Waals surface area contributed by atoms with Crippen LogP contribution in [0.2, 0.25) is 0 Å². The molecule has 2 heterocycles. The van der Waals surface area contributed by atoms with Crippen LogP contribution >= 0.6 is 0 Å². The van der Waals surface area contributed by atoms with Crippen LogP contribution in [-0.2, 0) is 17.9 Å². The number of amides is 3. The molecule has 9 heteroatoms. The second-order valence-electron chi connectivity index (χ2n) is 9.75. The first-order valence-electron chi connectivity index (χ1n) is 12.9. The van der Waals surface area contributed by atoms with E-state index in [0.29, 0.717) is 53.5 Å². The van der Waals surface area contributed by atoms with Gasteiger partial charge in [0.2, 0.25) is 5.91 Å². The molecule has 202 valence electrons. The molecule has 1 N–H and O–H groups in total. The number of benzene rings is 3. The molecule has 1 unspecified atom stereocenters. The number of imide groups is 1. The summed E-state index contributed by atoms with van der Waals surface area (Å²) in [7, 11) is 3.15. The Morgan fingerprint density at radius 1 is 0.974 bits per heavy atom. The van der Waals surface area contributed by atoms with Gasteiger partial charge in [0.15, 0.2) is 0 Å². The lowest BCUT2D eigenvalue weighted by Gasteiger charge is -2.34. The highest BCUT2D eigenvalue weighted by atomic mass is 19.1. The summed E-state index contributed by atoms with van der Waals surface area (Å²) >= 11 is 0. The topological polar surface area (TPSA) is 88.2 Å². The second kappa shape index (κ2) is 11.1. The van der Waals surface area contributed by atoms with Crippen molar-refractivity contribution in [2.75, 3.05) is 32.2 Å². The molecule has 0 saturated carbocycles. The van der Waals surface area contributed by atoms with Crippen molar-refractivity contribution in [1.82, 2.24) is 10.2 Å². The number of carbonyl (C=O) groups is 3. The van der Waals surface area contributed by atoms with Crippen LogP contribution in [0.4, 0.5) is 10.1 Å². The quantitative estimate of drug-likeness (QED) is 0.439. The van der Waals surface area contributed by atoms with E-state index in [0.717, 1.165) is 23.3 Å². The molecule has 3 amide bonds. The maximum absolute atomic E-state index is 13.7. The lowest BCUT2D eigenvalue weighted by molar-refractivity contribution is -0.125. The average molecular weight is 532 g/mol. The van der Waals surface area contributed by atoms with Crippen molar-refractivity contribution < 1.29 is 28.2 Å². The standard InChI is InChI=1S/C30H30FN3O5/c1-38-23-13-20(14-24(15-23)39-2)16-32-28(35)21-7-5-11-33(18-21)26-10-4-9-25-27(26)30(37)34(29(25)36)17-19-6-3-8-22(31)12-19/h3-4,6,8-10,12-15,21H,5,7,11,16-18H2,1-2H3,(H,32,35). The molecule has 2 aliphatic rings. The van der Waals surface area contributed by atoms with Crippen LogP contribution in [0.5, 0.6) is 11.5 Å². The molecule has 3 aromatic carbocycles. The Morgan fingerprint density at radius 3 is 2.44 bits per heavy atom. The van der Waals surface area contributed by atoms with Crippen molar-refractivity contribution in [2.24, 2.45) is 5.92 Å². The van der Waals surface area contributed by atoms with Crippen molar-refractivity contribution >= 4 is 23.4 Å². The minimum absolute atomic E-state index is 0.0103. The largest absolute Gasteiger partial charge is 0.497 e. The molecule has 5 rings (SSSR count). The Hall–Kier alpha value is -4.40. The third-order valence-corrected chi connectivity index (χ3v) is 7.22. The van der Waals surface area contributed by atoms with Gasteiger partial charge in [0, 0.05) is 25.7 Å². The SMILES string of the molecule is COc1cc(CNC(=O)C2CCCN(c3cccc4c3C(=O)N(Cc3cccc(F)c3)C4=O)C2)cc(OC)c1. The fourth-order valence-electron chi connectivity index (χ4n) is 5.25. The molecule has 1 fully saturated rings. The molecule has 0 aromatic heterocycles. The van der Waals surface area contributed by atoms with Crippen LogP contribution in [0, 0.1) is 11.7 Å². The highest BCUT2D eigenvalue weighted by molar-refractivity contribution is 6.23. The fraction of sp³-hybridized carbons (Fsp3) is 0.300. The first kappa shape index (κ1) is 26.2. The van der Waals surface area contributed by atoms with E-state index in [-0.39, 0.29) is 18.4 Å². The summed E-state index contributed by atoms with van der Waals surface area (Å²) in [5, 5.41) is 3.01. The van der Waals surface area contributed by atoms with Crippen molar-refractivity contribution in [3.63, 3.8) is 0 Å². The lowest BCUT2D eigenvalue weighted by atomic mass is 9.95. The number of piperidine rings is 1. The summed E-state index contributed by atoms with van der Waals surface area (Å²) in [6.07, 6.45) is 1.49. The van der Waals surface area contributed by atoms with Gasteiger partial charge in [-0.25, -0.2) is 4.39 Å². The van der Waals surface area contributed by atoms with E-state index in [9.17, 15) is 18.8 Å². The van der Waals surface area contributed by atoms with Gasteiger partial charge in [-0.3, -0.25) is 19.3 Å². The van der Waals surface area contributed by atoms with Crippen molar-refractivity contribution in [1.29, 1.82) is 0 Å². The zero-order valence-corrected chi connectivity index (χ0v) is 21.9. The van der Waals surface area contributed by atoms with E-state index in [1.807, 2.05) is 23.1 Å². The molecule has 1 atom stereocenters. The van der Waals surface area contributed by atoms with Gasteiger partial charge in [-0.2, -0.15) is 0 Å². The van der Waals surface area contributed by atoms with Crippen molar-refractivity contribution in [3.05, 3.63) is 88.7 Å². The molecule has 0 spiro atoms. The van der Waals surface area contributed by atoms with E-state index in [1.54, 1.807) is 44.6 Å². The van der Waals surface area contributed by atoms with Gasteiger partial charge in [0.25, 0.3) is 11.8 Å². The first-order valence-corrected chi connectivity index (χ1v) is 12.9. The molecule has 2 aliphatic heterocycles. The zero-order chi connectivity index (χ0) is 27.5. The summed E-state index contributed by atoms with van der Waals surface area (Å²) < 4.78 is 24.3. The zero-order valence-electron chi connectivity index (χ0n) is 21.9. The minimum Gasteiger partial charge on any atom is -0.497 e. The monoisotopic (exact) mass is 531 g/mol. The smallest absolute Gasteiger partial charge is 0.263 e. The number of hydrogen-bond donors (Lipinski definition) is 1. The Kier molecular flexibility index (Phi) is 7.49. The summed E-state index contributed by atoms with van der Waals surface area (Å²) in [6.45, 7) is 1.41. The summed E-state index contributed by atoms with van der Waals surface area (Å²) in [6, 6.07) is 16.6. The summed E-state index contributed by atoms with van der Waals surface area (Å²) in [4.78, 5) is 42.8. The summed E-state index contributed by atoms with van der Waals surface area (Å²) in [5.41, 5.74) is 2.70. The van der Waals surface area contributed by atoms with Gasteiger partial charge < -0.3 is 19.7 Å². The predicted molar refractivity (Wildman–Crippen MR) is 143 cm³/mol. The Morgan fingerprint density at radius 2 is 1.72 bits per heavy atom. The van der Waals surface area contributed by atoms with E-state index >= 15 is 0 Å². The Balaban J connectivity index is 1.29. The molecular weight excluding hydrogens is 501 g/mol. The van der Waals surface area contributed by atoms with Crippen LogP contribution in [0.1, 0.15) is 44.7 Å². The Bertz CT molecular complexity index is 1400. The number of rotatable bonds is 8. The van der Waals surface area contributed by atoms with Crippen LogP contribution in [0.25, 0.3) is 0 Å². The highest BCUT2D eigenvalue weighted by Gasteiger charge is 2.39. The molecule has 8 nitrogen and oxygen atoms in total. The van der Waals surface area contributed by atoms with Gasteiger partial charge in [-0.05, 0) is 60.4 Å². The molecule has 0 radical (unpaired) electrons. The third-order valence-electron chi connectivity index (χ3n) is 7.22. The van der Waals surface area contributed by atoms with Crippen LogP contribution in [0.15, 0.2) is 60.7 Å². The Labute approximate surface area is 226 Å². The lowest BCUT2D eigenvalue weighted by Crippen LogP contribution is -2.43. The van der Waals surface area contributed by atoms with Crippen LogP contribution in [0.3, 0.4) is 0 Å². The number of fused-ring (bicyclic) bond motifs is 1. The van der Waals surface area contributed by atoms with Crippen molar-refractivity contribution in [2.45, 2.75) is 25.9 Å². The maximum atomic E-state index is 13.7. The maximum Gasteiger partial charge on any atom is 0.263 e. The van der Waals surface area contributed by atoms with Gasteiger partial charge in [0.05, 0.1) is 43.5 Å². The third kappa shape index (κ3) is 5.43. The van der Waals surface area contributed by atoms with Gasteiger partial charge in [-0.15, -0.1) is 0 Å². The molecule has 39 heavy (non-hydrogen) atoms. The van der Waals surface area contributed by atoms with Crippen molar-refractivity contribution in [3.8, 4) is 11.5 Å². The molecule has 3 aromatic rings. The normalized spacial score (nSPS) is 16.7. The number of carbonyl (C=O) groups excluding carboxylic acids is 3. The number of halogens is 1. The number of nitrogens with zero attached hydrogens (tertiary/aromatic N) is 2. The fourth-order valence-corrected chi connectivity index (χ4v) is 5.25. The van der Waals surface area contributed by atoms with E-state index in [1.165, 1.54) is 12.1 Å². The number of anilines is 1. The number of methoxy groups -OCH3 is 2. The molecular formula is C30H30FN3O5. The molecule has 0 aliphatic carbocycles. The number of hydrogen-bond acceptors (Lipinski definition) is 6. The van der Waals surface area contributed by atoms with Crippen LogP contribution in [-0.4, -0.2) is 49.9 Å². The van der Waals surface area contributed by atoms with E-state index in [4.69, 9.17) is 9.47 Å². The van der Waals surface area contributed by atoms with E-state index < -0.39 is 17.6 Å². The first-order chi connectivity index (χ1) is 18.9. The average Bonchev–Trinajstić information content (AvgIpc) is 3.20. The minimum atomic E-state index is -0.423. The second-order valence-corrected chi connectivity index (χ2v) is 9.75. The van der Waals surface area contributed by atoms with Gasteiger partial charge in [-0.1, -0.05) is 18.2 Å². The van der Waals surface area contributed by atoms with Gasteiger partial charge >= 0.3 is 0 Å². The number of ether oxygens (including phenoxy) is 2. The molecule has 1 saturated heterocycles. The predicted octanol–water partition coefficient (Wildman–Crippen LogP) is 4.17. The van der Waals surface area contributed by atoms with Crippen LogP contribution < -0.4 is 19.7 Å².